The topological polar surface area (TPSA) is 52.6 Å². The van der Waals surface area contributed by atoms with Crippen molar-refractivity contribution in [1.29, 1.82) is 0 Å². The summed E-state index contributed by atoms with van der Waals surface area (Å²) in [6.07, 6.45) is 8.01. The predicted octanol–water partition coefficient (Wildman–Crippen LogP) is 2.99. The fourth-order valence-corrected chi connectivity index (χ4v) is 4.60. The minimum absolute atomic E-state index is 0.0935. The molecule has 1 aromatic rings. The predicted molar refractivity (Wildman–Crippen MR) is 100 cm³/mol. The van der Waals surface area contributed by atoms with Crippen LogP contribution in [-0.4, -0.2) is 48.2 Å². The van der Waals surface area contributed by atoms with Gasteiger partial charge in [-0.05, 0) is 69.3 Å². The number of aliphatic hydroxyl groups excluding tert-OH is 1. The molecule has 2 aliphatic rings. The van der Waals surface area contributed by atoms with E-state index < -0.39 is 5.41 Å². The highest BCUT2D eigenvalue weighted by atomic mass is 19.1. The fourth-order valence-electron chi connectivity index (χ4n) is 4.60. The van der Waals surface area contributed by atoms with Crippen LogP contribution >= 0.6 is 0 Å². The van der Waals surface area contributed by atoms with Gasteiger partial charge in [-0.25, -0.2) is 4.39 Å². The summed E-state index contributed by atoms with van der Waals surface area (Å²) in [5.41, 5.74) is 0.460. The lowest BCUT2D eigenvalue weighted by Crippen LogP contribution is -2.43. The number of likely N-dealkylation sites (tertiary alicyclic amines) is 1. The van der Waals surface area contributed by atoms with Crippen LogP contribution in [0.3, 0.4) is 0 Å². The van der Waals surface area contributed by atoms with E-state index in [4.69, 9.17) is 0 Å². The molecule has 3 rings (SSSR count). The van der Waals surface area contributed by atoms with Gasteiger partial charge in [-0.1, -0.05) is 25.0 Å². The van der Waals surface area contributed by atoms with Gasteiger partial charge >= 0.3 is 0 Å². The number of aliphatic hydroxyl groups is 1. The standard InChI is InChI=1S/C21H31FN2O2/c22-18-9-7-17(8-10-18)21(11-1-2-12-21)20(26)23-13-3-4-14-24-15-5-6-19(24)16-25/h7-10,19,25H,1-6,11-16H2,(H,23,26). The number of rotatable bonds is 8. The average Bonchev–Trinajstić information content (AvgIpc) is 3.31. The molecule has 2 N–H and O–H groups in total. The van der Waals surface area contributed by atoms with Crippen molar-refractivity contribution in [3.63, 3.8) is 0 Å². The highest BCUT2D eigenvalue weighted by molar-refractivity contribution is 5.88. The Morgan fingerprint density at radius 2 is 1.92 bits per heavy atom. The Balaban J connectivity index is 1.47. The van der Waals surface area contributed by atoms with Gasteiger partial charge in [0.1, 0.15) is 5.82 Å². The second kappa shape index (κ2) is 8.96. The van der Waals surface area contributed by atoms with E-state index in [2.05, 4.69) is 10.2 Å². The Morgan fingerprint density at radius 1 is 1.19 bits per heavy atom. The van der Waals surface area contributed by atoms with Crippen molar-refractivity contribution in [3.8, 4) is 0 Å². The van der Waals surface area contributed by atoms with E-state index in [1.54, 1.807) is 12.1 Å². The first kappa shape index (κ1) is 19.3. The summed E-state index contributed by atoms with van der Waals surface area (Å²) in [6.45, 7) is 2.99. The zero-order valence-electron chi connectivity index (χ0n) is 15.6. The van der Waals surface area contributed by atoms with Gasteiger partial charge in [0.25, 0.3) is 0 Å². The van der Waals surface area contributed by atoms with E-state index >= 15 is 0 Å². The molecule has 5 heteroatoms. The molecule has 4 nitrogen and oxygen atoms in total. The maximum Gasteiger partial charge on any atom is 0.230 e. The summed E-state index contributed by atoms with van der Waals surface area (Å²) in [4.78, 5) is 15.3. The summed E-state index contributed by atoms with van der Waals surface area (Å²) in [6, 6.07) is 6.77. The molecule has 1 aromatic carbocycles. The zero-order valence-corrected chi connectivity index (χ0v) is 15.6. The van der Waals surface area contributed by atoms with E-state index in [-0.39, 0.29) is 18.3 Å². The van der Waals surface area contributed by atoms with Crippen LogP contribution in [0.4, 0.5) is 4.39 Å². The van der Waals surface area contributed by atoms with E-state index in [1.165, 1.54) is 18.6 Å². The normalized spacial score (nSPS) is 22.6. The van der Waals surface area contributed by atoms with Crippen LogP contribution < -0.4 is 5.32 Å². The molecular weight excluding hydrogens is 331 g/mol. The number of nitrogens with zero attached hydrogens (tertiary/aromatic N) is 1. The fraction of sp³-hybridized carbons (Fsp3) is 0.667. The lowest BCUT2D eigenvalue weighted by Gasteiger charge is -2.28. The first-order chi connectivity index (χ1) is 12.7. The van der Waals surface area contributed by atoms with Crippen LogP contribution in [0.5, 0.6) is 0 Å². The van der Waals surface area contributed by atoms with Crippen LogP contribution in [0.15, 0.2) is 24.3 Å². The minimum Gasteiger partial charge on any atom is -0.395 e. The Hall–Kier alpha value is -1.46. The zero-order chi connectivity index (χ0) is 18.4. The van der Waals surface area contributed by atoms with Gasteiger partial charge in [-0.15, -0.1) is 0 Å². The number of halogens is 1. The number of carbonyl (C=O) groups is 1. The molecule has 1 heterocycles. The van der Waals surface area contributed by atoms with E-state index in [0.29, 0.717) is 12.6 Å². The Kier molecular flexibility index (Phi) is 6.65. The minimum atomic E-state index is -0.482. The summed E-state index contributed by atoms with van der Waals surface area (Å²) >= 11 is 0. The number of amides is 1. The number of benzene rings is 1. The summed E-state index contributed by atoms with van der Waals surface area (Å²) in [5, 5.41) is 12.5. The highest BCUT2D eigenvalue weighted by Gasteiger charge is 2.42. The SMILES string of the molecule is O=C(NCCCCN1CCCC1CO)C1(c2ccc(F)cc2)CCCC1. The first-order valence-corrected chi connectivity index (χ1v) is 10.0. The monoisotopic (exact) mass is 362 g/mol. The van der Waals surface area contributed by atoms with Crippen molar-refractivity contribution in [1.82, 2.24) is 10.2 Å². The number of unbranched alkanes of at least 4 members (excludes halogenated alkanes) is 1. The van der Waals surface area contributed by atoms with Crippen LogP contribution in [0.25, 0.3) is 0 Å². The lowest BCUT2D eigenvalue weighted by atomic mass is 9.78. The number of nitrogens with one attached hydrogen (secondary N) is 1. The van der Waals surface area contributed by atoms with Crippen LogP contribution in [0.2, 0.25) is 0 Å². The number of carbonyl (C=O) groups excluding carboxylic acids is 1. The van der Waals surface area contributed by atoms with Crippen LogP contribution in [-0.2, 0) is 10.2 Å². The average molecular weight is 362 g/mol. The van der Waals surface area contributed by atoms with Crippen LogP contribution in [0.1, 0.15) is 56.9 Å². The van der Waals surface area contributed by atoms with Crippen molar-refractivity contribution in [2.75, 3.05) is 26.2 Å². The maximum atomic E-state index is 13.2. The molecule has 1 aliphatic heterocycles. The molecule has 1 saturated carbocycles. The summed E-state index contributed by atoms with van der Waals surface area (Å²) in [7, 11) is 0. The molecule has 0 aromatic heterocycles. The summed E-state index contributed by atoms with van der Waals surface area (Å²) < 4.78 is 13.2. The third-order valence-electron chi connectivity index (χ3n) is 6.16. The third-order valence-corrected chi connectivity index (χ3v) is 6.16. The highest BCUT2D eigenvalue weighted by Crippen LogP contribution is 2.41. The van der Waals surface area contributed by atoms with Crippen molar-refractivity contribution in [2.24, 2.45) is 0 Å². The first-order valence-electron chi connectivity index (χ1n) is 10.0. The second-order valence-electron chi connectivity index (χ2n) is 7.77. The van der Waals surface area contributed by atoms with Crippen molar-refractivity contribution in [2.45, 2.75) is 62.8 Å². The molecule has 1 amide bonds. The Bertz CT molecular complexity index is 584. The van der Waals surface area contributed by atoms with Gasteiger partial charge in [0.05, 0.1) is 12.0 Å². The van der Waals surface area contributed by atoms with Crippen LogP contribution in [0, 0.1) is 5.82 Å². The quantitative estimate of drug-likeness (QED) is 0.699. The van der Waals surface area contributed by atoms with Gasteiger partial charge in [0.2, 0.25) is 5.91 Å². The lowest BCUT2D eigenvalue weighted by molar-refractivity contribution is -0.126. The van der Waals surface area contributed by atoms with Gasteiger partial charge in [0.15, 0.2) is 0 Å². The molecule has 1 aliphatic carbocycles. The Labute approximate surface area is 155 Å². The van der Waals surface area contributed by atoms with Gasteiger partial charge < -0.3 is 10.4 Å². The molecule has 2 fully saturated rings. The molecule has 26 heavy (non-hydrogen) atoms. The van der Waals surface area contributed by atoms with Gasteiger partial charge in [-0.2, -0.15) is 0 Å². The van der Waals surface area contributed by atoms with Gasteiger partial charge in [0, 0.05) is 12.6 Å². The van der Waals surface area contributed by atoms with E-state index in [9.17, 15) is 14.3 Å². The molecular formula is C21H31FN2O2. The number of hydrogen-bond acceptors (Lipinski definition) is 3. The van der Waals surface area contributed by atoms with Crippen molar-refractivity contribution < 1.29 is 14.3 Å². The second-order valence-corrected chi connectivity index (χ2v) is 7.77. The molecule has 0 radical (unpaired) electrons. The van der Waals surface area contributed by atoms with Crippen molar-refractivity contribution in [3.05, 3.63) is 35.6 Å². The molecule has 144 valence electrons. The smallest absolute Gasteiger partial charge is 0.230 e. The van der Waals surface area contributed by atoms with Gasteiger partial charge in [-0.3, -0.25) is 9.69 Å². The largest absolute Gasteiger partial charge is 0.395 e. The molecule has 1 saturated heterocycles. The summed E-state index contributed by atoms with van der Waals surface area (Å²) in [5.74, 6) is -0.165. The Morgan fingerprint density at radius 3 is 2.62 bits per heavy atom. The van der Waals surface area contributed by atoms with E-state index in [0.717, 1.165) is 63.6 Å². The van der Waals surface area contributed by atoms with Crippen molar-refractivity contribution >= 4 is 5.91 Å². The van der Waals surface area contributed by atoms with E-state index in [1.807, 2.05) is 0 Å². The molecule has 1 unspecified atom stereocenters. The molecule has 0 spiro atoms. The molecule has 0 bridgehead atoms. The molecule has 1 atom stereocenters. The third kappa shape index (κ3) is 4.26. The number of hydrogen-bond donors (Lipinski definition) is 2. The maximum absolute atomic E-state index is 13.2.